The van der Waals surface area contributed by atoms with Crippen molar-refractivity contribution in [3.63, 3.8) is 0 Å². The molecule has 1 amide bonds. The molecule has 0 aliphatic rings. The van der Waals surface area contributed by atoms with Gasteiger partial charge in [-0.1, -0.05) is 262 Å². The van der Waals surface area contributed by atoms with E-state index in [2.05, 4.69) is 55.6 Å². The minimum absolute atomic E-state index is 0.00331. The molecule has 2 atom stereocenters. The van der Waals surface area contributed by atoms with Crippen LogP contribution in [0, 0.1) is 0 Å². The molecule has 2 unspecified atom stereocenters. The Morgan fingerprint density at radius 1 is 0.418 bits per heavy atom. The molecular formula is C61H115NO5. The summed E-state index contributed by atoms with van der Waals surface area (Å²) in [5.41, 5.74) is 0. The number of unbranched alkanes of at least 4 members (excludes halogenated alkanes) is 38. The molecule has 0 aromatic rings. The summed E-state index contributed by atoms with van der Waals surface area (Å²) in [6, 6.07) is -0.545. The van der Waals surface area contributed by atoms with Gasteiger partial charge < -0.3 is 20.3 Å². The van der Waals surface area contributed by atoms with Crippen molar-refractivity contribution in [3.05, 3.63) is 36.5 Å². The van der Waals surface area contributed by atoms with E-state index in [-0.39, 0.29) is 18.5 Å². The number of esters is 1. The molecule has 0 saturated carbocycles. The Bertz CT molecular complexity index is 1090. The van der Waals surface area contributed by atoms with Crippen LogP contribution in [0.4, 0.5) is 0 Å². The first-order chi connectivity index (χ1) is 33.0. The lowest BCUT2D eigenvalue weighted by molar-refractivity contribution is -0.143. The van der Waals surface area contributed by atoms with Crippen molar-refractivity contribution in [2.24, 2.45) is 0 Å². The molecule has 0 fully saturated rings. The number of aliphatic hydroxyl groups excluding tert-OH is 2. The summed E-state index contributed by atoms with van der Waals surface area (Å²) < 4.78 is 5.47. The standard InChI is InChI=1S/C61H115NO5/c1-3-5-7-9-11-13-15-17-31-35-39-43-47-51-55-61(66)67-56-52-48-44-40-36-32-28-26-24-22-20-18-19-21-23-25-27-30-34-38-42-46-50-54-60(65)62-58(57-63)59(64)53-49-45-41-37-33-29-16-14-12-10-8-6-4-2/h9,11,15,17,21,23,58-59,63-64H,3-8,10,12-14,16,18-20,22,24-57H2,1-2H3,(H,62,65)/b11-9-,17-15-,23-21-. The fraction of sp³-hybridized carbons (Fsp3) is 0.869. The number of carbonyl (C=O) groups is 2. The first kappa shape index (κ1) is 65.1. The lowest BCUT2D eigenvalue weighted by Gasteiger charge is -2.22. The SMILES string of the molecule is CCCC/C=C\C/C=C\CCCCCCCC(=O)OCCCCCCCCCCCCCC/C=C\CCCCCCCCCC(=O)NC(CO)C(O)CCCCCCCCCCCCCCC. The molecule has 0 aliphatic carbocycles. The Balaban J connectivity index is 3.41. The number of carbonyl (C=O) groups excluding carboxylic acids is 2. The quantitative estimate of drug-likeness (QED) is 0.0321. The Kier molecular flexibility index (Phi) is 55.0. The normalized spacial score (nSPS) is 12.8. The second-order valence-corrected chi connectivity index (χ2v) is 20.3. The fourth-order valence-electron chi connectivity index (χ4n) is 9.06. The lowest BCUT2D eigenvalue weighted by Crippen LogP contribution is -2.45. The molecule has 0 radical (unpaired) electrons. The molecule has 0 aliphatic heterocycles. The molecular weight excluding hydrogens is 827 g/mol. The zero-order valence-corrected chi connectivity index (χ0v) is 44.9. The van der Waals surface area contributed by atoms with Crippen molar-refractivity contribution in [3.8, 4) is 0 Å². The fourth-order valence-corrected chi connectivity index (χ4v) is 9.06. The molecule has 0 bridgehead atoms. The summed E-state index contributed by atoms with van der Waals surface area (Å²) in [6.45, 7) is 4.91. The van der Waals surface area contributed by atoms with E-state index in [4.69, 9.17) is 4.74 Å². The van der Waals surface area contributed by atoms with Crippen LogP contribution < -0.4 is 5.32 Å². The van der Waals surface area contributed by atoms with Crippen molar-refractivity contribution in [1.82, 2.24) is 5.32 Å². The molecule has 0 rings (SSSR count). The highest BCUT2D eigenvalue weighted by Gasteiger charge is 2.20. The van der Waals surface area contributed by atoms with Gasteiger partial charge in [0.2, 0.25) is 5.91 Å². The molecule has 0 aromatic heterocycles. The van der Waals surface area contributed by atoms with Crippen LogP contribution in [0.15, 0.2) is 36.5 Å². The van der Waals surface area contributed by atoms with Gasteiger partial charge in [0.25, 0.3) is 0 Å². The second-order valence-electron chi connectivity index (χ2n) is 20.3. The van der Waals surface area contributed by atoms with E-state index in [0.717, 1.165) is 51.4 Å². The number of hydrogen-bond donors (Lipinski definition) is 3. The van der Waals surface area contributed by atoms with E-state index < -0.39 is 12.1 Å². The van der Waals surface area contributed by atoms with E-state index in [9.17, 15) is 19.8 Å². The van der Waals surface area contributed by atoms with Crippen LogP contribution in [0.1, 0.15) is 316 Å². The van der Waals surface area contributed by atoms with Crippen LogP contribution >= 0.6 is 0 Å². The lowest BCUT2D eigenvalue weighted by atomic mass is 10.0. The molecule has 6 nitrogen and oxygen atoms in total. The zero-order valence-electron chi connectivity index (χ0n) is 44.9. The number of amides is 1. The zero-order chi connectivity index (χ0) is 48.6. The first-order valence-electron chi connectivity index (χ1n) is 29.7. The van der Waals surface area contributed by atoms with E-state index in [0.29, 0.717) is 25.9 Å². The minimum Gasteiger partial charge on any atom is -0.466 e. The van der Waals surface area contributed by atoms with Crippen LogP contribution in [0.3, 0.4) is 0 Å². The Morgan fingerprint density at radius 3 is 1.19 bits per heavy atom. The third-order valence-corrected chi connectivity index (χ3v) is 13.7. The van der Waals surface area contributed by atoms with Crippen LogP contribution in [-0.2, 0) is 14.3 Å². The topological polar surface area (TPSA) is 95.9 Å². The molecule has 3 N–H and O–H groups in total. The summed E-state index contributed by atoms with van der Waals surface area (Å²) in [6.07, 6.45) is 70.0. The predicted molar refractivity (Wildman–Crippen MR) is 292 cm³/mol. The van der Waals surface area contributed by atoms with Gasteiger partial charge in [0.1, 0.15) is 0 Å². The molecule has 0 heterocycles. The highest BCUT2D eigenvalue weighted by molar-refractivity contribution is 5.76. The molecule has 67 heavy (non-hydrogen) atoms. The molecule has 0 saturated heterocycles. The number of rotatable bonds is 55. The average Bonchev–Trinajstić information content (AvgIpc) is 3.33. The highest BCUT2D eigenvalue weighted by atomic mass is 16.5. The molecule has 0 spiro atoms. The van der Waals surface area contributed by atoms with Gasteiger partial charge in [0, 0.05) is 12.8 Å². The van der Waals surface area contributed by atoms with Gasteiger partial charge in [-0.05, 0) is 77.0 Å². The van der Waals surface area contributed by atoms with E-state index in [1.807, 2.05) is 0 Å². The van der Waals surface area contributed by atoms with Crippen molar-refractivity contribution >= 4 is 11.9 Å². The smallest absolute Gasteiger partial charge is 0.305 e. The van der Waals surface area contributed by atoms with Crippen LogP contribution in [0.2, 0.25) is 0 Å². The first-order valence-corrected chi connectivity index (χ1v) is 29.7. The van der Waals surface area contributed by atoms with Crippen LogP contribution in [0.5, 0.6) is 0 Å². The Hall–Kier alpha value is -1.92. The maximum Gasteiger partial charge on any atom is 0.305 e. The molecule has 394 valence electrons. The third kappa shape index (κ3) is 53.3. The van der Waals surface area contributed by atoms with Crippen molar-refractivity contribution < 1.29 is 24.5 Å². The summed E-state index contributed by atoms with van der Waals surface area (Å²) in [5.74, 6) is -0.0445. The maximum absolute atomic E-state index is 12.5. The maximum atomic E-state index is 12.5. The van der Waals surface area contributed by atoms with Crippen LogP contribution in [-0.4, -0.2) is 47.4 Å². The summed E-state index contributed by atoms with van der Waals surface area (Å²) in [5, 5.41) is 23.2. The van der Waals surface area contributed by atoms with Crippen molar-refractivity contribution in [2.75, 3.05) is 13.2 Å². The van der Waals surface area contributed by atoms with Gasteiger partial charge in [0.15, 0.2) is 0 Å². The van der Waals surface area contributed by atoms with Gasteiger partial charge in [-0.3, -0.25) is 9.59 Å². The van der Waals surface area contributed by atoms with E-state index >= 15 is 0 Å². The summed E-state index contributed by atoms with van der Waals surface area (Å²) in [4.78, 5) is 24.5. The average molecular weight is 943 g/mol. The molecule has 6 heteroatoms. The Morgan fingerprint density at radius 2 is 0.761 bits per heavy atom. The summed E-state index contributed by atoms with van der Waals surface area (Å²) >= 11 is 0. The minimum atomic E-state index is -0.667. The van der Waals surface area contributed by atoms with Gasteiger partial charge in [-0.2, -0.15) is 0 Å². The number of nitrogens with one attached hydrogen (secondary N) is 1. The third-order valence-electron chi connectivity index (χ3n) is 13.7. The second kappa shape index (κ2) is 56.7. The monoisotopic (exact) mass is 942 g/mol. The number of aliphatic hydroxyl groups is 2. The van der Waals surface area contributed by atoms with Crippen molar-refractivity contribution in [1.29, 1.82) is 0 Å². The van der Waals surface area contributed by atoms with Crippen molar-refractivity contribution in [2.45, 2.75) is 328 Å². The Labute approximate surface area is 417 Å². The van der Waals surface area contributed by atoms with Crippen LogP contribution in [0.25, 0.3) is 0 Å². The predicted octanol–water partition coefficient (Wildman–Crippen LogP) is 18.4. The van der Waals surface area contributed by atoms with E-state index in [1.165, 1.54) is 231 Å². The number of ether oxygens (including phenoxy) is 1. The number of hydrogen-bond acceptors (Lipinski definition) is 5. The van der Waals surface area contributed by atoms with Gasteiger partial charge in [-0.25, -0.2) is 0 Å². The van der Waals surface area contributed by atoms with Gasteiger partial charge in [-0.15, -0.1) is 0 Å². The number of allylic oxidation sites excluding steroid dienone is 6. The summed E-state index contributed by atoms with van der Waals surface area (Å²) in [7, 11) is 0. The largest absolute Gasteiger partial charge is 0.466 e. The highest BCUT2D eigenvalue weighted by Crippen LogP contribution is 2.17. The van der Waals surface area contributed by atoms with E-state index in [1.54, 1.807) is 0 Å². The van der Waals surface area contributed by atoms with Gasteiger partial charge >= 0.3 is 5.97 Å². The molecule has 0 aromatic carbocycles. The van der Waals surface area contributed by atoms with Gasteiger partial charge in [0.05, 0.1) is 25.4 Å².